The van der Waals surface area contributed by atoms with Crippen molar-refractivity contribution in [3.05, 3.63) is 41.9 Å². The lowest BCUT2D eigenvalue weighted by Gasteiger charge is -2.18. The van der Waals surface area contributed by atoms with Gasteiger partial charge in [-0.1, -0.05) is 11.8 Å². The lowest BCUT2D eigenvalue weighted by molar-refractivity contribution is 0.102. The minimum Gasteiger partial charge on any atom is -0.486 e. The maximum absolute atomic E-state index is 12.5. The fraction of sp³-hybridized carbons (Fsp3) is 0.278. The summed E-state index contributed by atoms with van der Waals surface area (Å²) in [6.45, 7) is 2.90. The smallest absolute Gasteiger partial charge is 0.191 e. The molecule has 0 atom stereocenters. The van der Waals surface area contributed by atoms with E-state index in [1.807, 2.05) is 24.6 Å². The fourth-order valence-electron chi connectivity index (χ4n) is 2.72. The van der Waals surface area contributed by atoms with Crippen molar-refractivity contribution in [2.75, 3.05) is 19.0 Å². The van der Waals surface area contributed by atoms with Crippen LogP contribution >= 0.6 is 11.8 Å². The van der Waals surface area contributed by atoms with Crippen molar-refractivity contribution in [2.45, 2.75) is 12.1 Å². The second-order valence-corrected chi connectivity index (χ2v) is 6.77. The number of aromatic nitrogens is 3. The monoisotopic (exact) mass is 371 g/mol. The van der Waals surface area contributed by atoms with Gasteiger partial charge in [0.1, 0.15) is 19.0 Å². The summed E-state index contributed by atoms with van der Waals surface area (Å²) in [5.74, 6) is 3.04. The highest BCUT2D eigenvalue weighted by molar-refractivity contribution is 7.99. The zero-order valence-corrected chi connectivity index (χ0v) is 15.2. The highest BCUT2D eigenvalue weighted by Crippen LogP contribution is 2.31. The molecule has 1 aliphatic heterocycles. The molecule has 1 aliphatic rings. The quantitative estimate of drug-likeness (QED) is 0.503. The van der Waals surface area contributed by atoms with E-state index < -0.39 is 0 Å². The minimum atomic E-state index is -0.00369. The van der Waals surface area contributed by atoms with Gasteiger partial charge in [0.25, 0.3) is 0 Å². The molecule has 0 unspecified atom stereocenters. The highest BCUT2D eigenvalue weighted by atomic mass is 32.2. The van der Waals surface area contributed by atoms with Crippen molar-refractivity contribution in [2.24, 2.45) is 7.05 Å². The molecule has 4 rings (SSSR count). The van der Waals surface area contributed by atoms with Crippen LogP contribution in [-0.2, 0) is 7.05 Å². The number of carbonyl (C=O) groups excluding carboxylic acids is 1. The van der Waals surface area contributed by atoms with E-state index in [1.54, 1.807) is 24.5 Å². The number of furan rings is 1. The molecule has 8 heteroatoms. The maximum atomic E-state index is 12.5. The molecule has 0 aliphatic carbocycles. The predicted octanol–water partition coefficient (Wildman–Crippen LogP) is 3.13. The molecule has 0 saturated heterocycles. The second-order valence-electron chi connectivity index (χ2n) is 5.83. The van der Waals surface area contributed by atoms with Crippen LogP contribution in [0.5, 0.6) is 11.5 Å². The number of hydrogen-bond acceptors (Lipinski definition) is 7. The molecule has 0 radical (unpaired) electrons. The standard InChI is InChI=1S/C18H17N3O4S/c1-11-13(5-6-23-11)17-19-20-18(21(17)2)26-10-14(22)12-3-4-15-16(9-12)25-8-7-24-15/h3-6,9H,7-8,10H2,1-2H3. The van der Waals surface area contributed by atoms with Gasteiger partial charge in [0.2, 0.25) is 0 Å². The van der Waals surface area contributed by atoms with Crippen LogP contribution in [0.25, 0.3) is 11.4 Å². The number of thioether (sulfide) groups is 1. The topological polar surface area (TPSA) is 79.4 Å². The van der Waals surface area contributed by atoms with Crippen LogP contribution in [0.15, 0.2) is 40.1 Å². The van der Waals surface area contributed by atoms with E-state index in [2.05, 4.69) is 10.2 Å². The molecule has 3 heterocycles. The first-order valence-electron chi connectivity index (χ1n) is 8.13. The van der Waals surface area contributed by atoms with Crippen molar-refractivity contribution < 1.29 is 18.7 Å². The summed E-state index contributed by atoms with van der Waals surface area (Å²) in [6.07, 6.45) is 1.62. The van der Waals surface area contributed by atoms with E-state index in [0.29, 0.717) is 41.3 Å². The number of carbonyl (C=O) groups is 1. The summed E-state index contributed by atoms with van der Waals surface area (Å²) in [5.41, 5.74) is 1.49. The number of nitrogens with zero attached hydrogens (tertiary/aromatic N) is 3. The Hall–Kier alpha value is -2.74. The lowest BCUT2D eigenvalue weighted by atomic mass is 10.1. The number of ether oxygens (including phenoxy) is 2. The summed E-state index contributed by atoms with van der Waals surface area (Å²) >= 11 is 1.35. The molecular formula is C18H17N3O4S. The number of benzene rings is 1. The molecule has 1 aromatic carbocycles. The van der Waals surface area contributed by atoms with Gasteiger partial charge in [-0.2, -0.15) is 0 Å². The number of fused-ring (bicyclic) bond motifs is 1. The van der Waals surface area contributed by atoms with Crippen LogP contribution in [0.4, 0.5) is 0 Å². The fourth-order valence-corrected chi connectivity index (χ4v) is 3.53. The lowest BCUT2D eigenvalue weighted by Crippen LogP contribution is -2.16. The van der Waals surface area contributed by atoms with Crippen LogP contribution < -0.4 is 9.47 Å². The predicted molar refractivity (Wildman–Crippen MR) is 95.9 cm³/mol. The summed E-state index contributed by atoms with van der Waals surface area (Å²) in [6, 6.07) is 7.12. The molecular weight excluding hydrogens is 354 g/mol. The minimum absolute atomic E-state index is 0.00369. The number of ketones is 1. The van der Waals surface area contributed by atoms with Crippen molar-refractivity contribution in [1.82, 2.24) is 14.8 Å². The normalized spacial score (nSPS) is 13.0. The van der Waals surface area contributed by atoms with Gasteiger partial charge in [-0.05, 0) is 31.2 Å². The van der Waals surface area contributed by atoms with Gasteiger partial charge in [-0.25, -0.2) is 0 Å². The summed E-state index contributed by atoms with van der Waals surface area (Å²) in [5, 5.41) is 9.07. The third kappa shape index (κ3) is 3.08. The Balaban J connectivity index is 1.47. The van der Waals surface area contributed by atoms with Gasteiger partial charge in [-0.15, -0.1) is 10.2 Å². The van der Waals surface area contributed by atoms with E-state index in [1.165, 1.54) is 11.8 Å². The van der Waals surface area contributed by atoms with Crippen LogP contribution in [-0.4, -0.2) is 39.5 Å². The van der Waals surface area contributed by atoms with Crippen molar-refractivity contribution in [1.29, 1.82) is 0 Å². The van der Waals surface area contributed by atoms with Gasteiger partial charge < -0.3 is 18.5 Å². The Morgan fingerprint density at radius 1 is 1.19 bits per heavy atom. The van der Waals surface area contributed by atoms with Gasteiger partial charge in [0, 0.05) is 12.6 Å². The number of hydrogen-bond donors (Lipinski definition) is 0. The molecule has 0 amide bonds. The summed E-state index contributed by atoms with van der Waals surface area (Å²) in [7, 11) is 1.87. The third-order valence-electron chi connectivity index (χ3n) is 4.13. The zero-order chi connectivity index (χ0) is 18.1. The van der Waals surface area contributed by atoms with Gasteiger partial charge in [-0.3, -0.25) is 4.79 Å². The molecule has 0 N–H and O–H groups in total. The molecule has 3 aromatic rings. The van der Waals surface area contributed by atoms with E-state index in [9.17, 15) is 4.79 Å². The van der Waals surface area contributed by atoms with Gasteiger partial charge in [0.15, 0.2) is 28.3 Å². The zero-order valence-electron chi connectivity index (χ0n) is 14.4. The first-order valence-corrected chi connectivity index (χ1v) is 9.11. The van der Waals surface area contributed by atoms with Crippen molar-refractivity contribution in [3.8, 4) is 22.9 Å². The third-order valence-corrected chi connectivity index (χ3v) is 5.15. The molecule has 0 saturated carbocycles. The Labute approximate surface area is 154 Å². The molecule has 2 aromatic heterocycles. The van der Waals surface area contributed by atoms with E-state index in [4.69, 9.17) is 13.9 Å². The second kappa shape index (κ2) is 6.87. The number of aryl methyl sites for hydroxylation is 1. The SMILES string of the molecule is Cc1occc1-c1nnc(SCC(=O)c2ccc3c(c2)OCCO3)n1C. The largest absolute Gasteiger partial charge is 0.486 e. The molecule has 134 valence electrons. The molecule has 0 spiro atoms. The molecule has 0 bridgehead atoms. The Bertz CT molecular complexity index is 963. The van der Waals surface area contributed by atoms with E-state index >= 15 is 0 Å². The Kier molecular flexibility index (Phi) is 4.42. The van der Waals surface area contributed by atoms with Crippen LogP contribution in [0.2, 0.25) is 0 Å². The van der Waals surface area contributed by atoms with Crippen molar-refractivity contribution >= 4 is 17.5 Å². The Morgan fingerprint density at radius 2 is 2.00 bits per heavy atom. The van der Waals surface area contributed by atoms with Crippen LogP contribution in [0.1, 0.15) is 16.1 Å². The summed E-state index contributed by atoms with van der Waals surface area (Å²) < 4.78 is 18.2. The van der Waals surface area contributed by atoms with Crippen LogP contribution in [0, 0.1) is 6.92 Å². The van der Waals surface area contributed by atoms with E-state index in [0.717, 1.165) is 11.3 Å². The van der Waals surface area contributed by atoms with Crippen molar-refractivity contribution in [3.63, 3.8) is 0 Å². The number of rotatable bonds is 5. The van der Waals surface area contributed by atoms with Gasteiger partial charge >= 0.3 is 0 Å². The average Bonchev–Trinajstić information content (AvgIpc) is 3.24. The number of Topliss-reactive ketones (excluding diaryl/α,β-unsaturated/α-hetero) is 1. The summed E-state index contributed by atoms with van der Waals surface area (Å²) in [4.78, 5) is 12.5. The Morgan fingerprint density at radius 3 is 2.77 bits per heavy atom. The maximum Gasteiger partial charge on any atom is 0.191 e. The van der Waals surface area contributed by atoms with Crippen LogP contribution in [0.3, 0.4) is 0 Å². The molecule has 26 heavy (non-hydrogen) atoms. The molecule has 7 nitrogen and oxygen atoms in total. The molecule has 0 fully saturated rings. The van der Waals surface area contributed by atoms with E-state index in [-0.39, 0.29) is 11.5 Å². The average molecular weight is 371 g/mol. The first-order chi connectivity index (χ1) is 12.6. The highest BCUT2D eigenvalue weighted by Gasteiger charge is 2.18. The first kappa shape index (κ1) is 16.7. The van der Waals surface area contributed by atoms with Gasteiger partial charge in [0.05, 0.1) is 17.6 Å².